The van der Waals surface area contributed by atoms with E-state index in [0.717, 1.165) is 31.6 Å². The van der Waals surface area contributed by atoms with E-state index in [-0.39, 0.29) is 17.3 Å². The Hall–Kier alpha value is -3.06. The fraction of sp³-hybridized carbons (Fsp3) is 0.417. The van der Waals surface area contributed by atoms with Gasteiger partial charge in [0.2, 0.25) is 0 Å². The van der Waals surface area contributed by atoms with Gasteiger partial charge in [0.1, 0.15) is 11.5 Å². The quantitative estimate of drug-likeness (QED) is 0.661. The molecule has 3 atom stereocenters. The van der Waals surface area contributed by atoms with Gasteiger partial charge < -0.3 is 19.8 Å². The summed E-state index contributed by atoms with van der Waals surface area (Å²) < 4.78 is 12.1. The minimum absolute atomic E-state index is 0.272. The first-order chi connectivity index (χ1) is 15.1. The van der Waals surface area contributed by atoms with Gasteiger partial charge in [0.15, 0.2) is 0 Å². The maximum absolute atomic E-state index is 13.0. The van der Waals surface area contributed by atoms with E-state index in [1.165, 1.54) is 15.7 Å². The van der Waals surface area contributed by atoms with Crippen molar-refractivity contribution in [1.29, 1.82) is 0 Å². The molecule has 1 unspecified atom stereocenters. The first-order valence-electron chi connectivity index (χ1n) is 10.8. The van der Waals surface area contributed by atoms with E-state index in [2.05, 4.69) is 22.4 Å². The van der Waals surface area contributed by atoms with Crippen LogP contribution in [0.25, 0.3) is 10.9 Å². The van der Waals surface area contributed by atoms with Crippen LogP contribution in [-0.4, -0.2) is 36.4 Å². The van der Waals surface area contributed by atoms with Crippen molar-refractivity contribution in [3.05, 3.63) is 68.4 Å². The molecule has 2 aliphatic rings. The molecule has 3 aromatic rings. The van der Waals surface area contributed by atoms with Crippen LogP contribution >= 0.6 is 0 Å². The number of ether oxygens (including phenoxy) is 2. The average Bonchev–Trinajstić information content (AvgIpc) is 3.22. The van der Waals surface area contributed by atoms with Gasteiger partial charge in [0.25, 0.3) is 5.56 Å². The Labute approximate surface area is 180 Å². The number of hydrogen-bond donors (Lipinski definition) is 2. The molecule has 0 saturated carbocycles. The zero-order valence-electron chi connectivity index (χ0n) is 17.8. The third-order valence-corrected chi connectivity index (χ3v) is 7.00. The topological polar surface area (TPSA) is 85.3 Å². The van der Waals surface area contributed by atoms with Gasteiger partial charge in [0, 0.05) is 25.0 Å². The van der Waals surface area contributed by atoms with E-state index in [9.17, 15) is 9.59 Å². The van der Waals surface area contributed by atoms with E-state index in [1.54, 1.807) is 32.4 Å². The summed E-state index contributed by atoms with van der Waals surface area (Å²) in [6.07, 6.45) is 2.81. The summed E-state index contributed by atoms with van der Waals surface area (Å²) >= 11 is 0. The minimum Gasteiger partial charge on any atom is -0.497 e. The summed E-state index contributed by atoms with van der Waals surface area (Å²) in [6.45, 7) is 1.29. The number of rotatable bonds is 5. The molecule has 1 saturated heterocycles. The number of nitrogens with one attached hydrogen (secondary N) is 2. The molecular weight excluding hydrogens is 394 g/mol. The van der Waals surface area contributed by atoms with Gasteiger partial charge in [0.05, 0.1) is 25.1 Å². The first-order valence-corrected chi connectivity index (χ1v) is 10.8. The Bertz CT molecular complexity index is 1250. The molecule has 31 heavy (non-hydrogen) atoms. The molecule has 7 nitrogen and oxygen atoms in total. The van der Waals surface area contributed by atoms with Crippen molar-refractivity contribution in [3.63, 3.8) is 0 Å². The third-order valence-electron chi connectivity index (χ3n) is 7.00. The maximum atomic E-state index is 13.0. The van der Waals surface area contributed by atoms with Crippen LogP contribution in [-0.2, 0) is 13.0 Å². The molecule has 7 heteroatoms. The van der Waals surface area contributed by atoms with Crippen LogP contribution in [0.4, 0.5) is 0 Å². The van der Waals surface area contributed by atoms with Crippen molar-refractivity contribution >= 4 is 10.9 Å². The lowest BCUT2D eigenvalue weighted by Gasteiger charge is -2.31. The normalized spacial score (nSPS) is 22.2. The van der Waals surface area contributed by atoms with Crippen LogP contribution in [0.3, 0.4) is 0 Å². The number of nitrogens with zero attached hydrogens (tertiary/aromatic N) is 1. The highest BCUT2D eigenvalue weighted by Crippen LogP contribution is 2.44. The minimum atomic E-state index is -0.365. The number of H-pyrrole nitrogens is 1. The summed E-state index contributed by atoms with van der Waals surface area (Å²) in [4.78, 5) is 28.4. The largest absolute Gasteiger partial charge is 0.497 e. The van der Waals surface area contributed by atoms with Crippen LogP contribution in [0.1, 0.15) is 29.9 Å². The van der Waals surface area contributed by atoms with Gasteiger partial charge >= 0.3 is 5.69 Å². The summed E-state index contributed by atoms with van der Waals surface area (Å²) in [5, 5.41) is 4.12. The number of aromatic nitrogens is 2. The van der Waals surface area contributed by atoms with Gasteiger partial charge in [-0.3, -0.25) is 9.36 Å². The lowest BCUT2D eigenvalue weighted by molar-refractivity contribution is 0.337. The van der Waals surface area contributed by atoms with Gasteiger partial charge in [-0.05, 0) is 60.6 Å². The lowest BCUT2D eigenvalue weighted by atomic mass is 9.74. The average molecular weight is 421 g/mol. The molecule has 5 rings (SSSR count). The van der Waals surface area contributed by atoms with Crippen molar-refractivity contribution in [1.82, 2.24) is 14.9 Å². The van der Waals surface area contributed by atoms with E-state index < -0.39 is 0 Å². The van der Waals surface area contributed by atoms with Gasteiger partial charge in [-0.25, -0.2) is 4.79 Å². The Morgan fingerprint density at radius 1 is 1.13 bits per heavy atom. The molecule has 1 fully saturated rings. The highest BCUT2D eigenvalue weighted by molar-refractivity contribution is 5.78. The molecule has 162 valence electrons. The molecule has 2 heterocycles. The number of hydrogen-bond acceptors (Lipinski definition) is 5. The van der Waals surface area contributed by atoms with Crippen LogP contribution in [0.15, 0.2) is 46.0 Å². The summed E-state index contributed by atoms with van der Waals surface area (Å²) in [5.41, 5.74) is 2.59. The Morgan fingerprint density at radius 3 is 2.81 bits per heavy atom. The Balaban J connectivity index is 1.38. The smallest absolute Gasteiger partial charge is 0.328 e. The molecule has 2 N–H and O–H groups in total. The lowest BCUT2D eigenvalue weighted by Crippen LogP contribution is -2.38. The fourth-order valence-electron chi connectivity index (χ4n) is 5.45. The number of fused-ring (bicyclic) bond motifs is 4. The number of aromatic amines is 1. The standard InChI is InChI=1S/C24H27N3O4/c1-30-14-6-9-21-18(12-14)23(28)27(24(29)26-21)11-10-20-16-7-8-17-15(19(16)13-25-20)4-3-5-22(17)31-2/h3-6,9,12,16,19-20,25H,7-8,10-11,13H2,1-2H3,(H,26,29)/t16-,19+,20?/m1/s1. The number of methoxy groups -OCH3 is 2. The zero-order chi connectivity index (χ0) is 21.5. The van der Waals surface area contributed by atoms with Crippen LogP contribution in [0.2, 0.25) is 0 Å². The molecule has 2 aromatic carbocycles. The molecule has 1 aliphatic carbocycles. The highest BCUT2D eigenvalue weighted by atomic mass is 16.5. The SMILES string of the molecule is COc1ccc2[nH]c(=O)n(CCC3NC[C@H]4c5cccc(OC)c5CC[C@@H]34)c(=O)c2c1. The molecule has 0 bridgehead atoms. The maximum Gasteiger partial charge on any atom is 0.328 e. The second kappa shape index (κ2) is 7.89. The second-order valence-corrected chi connectivity index (χ2v) is 8.44. The summed E-state index contributed by atoms with van der Waals surface area (Å²) in [5.74, 6) is 2.51. The van der Waals surface area contributed by atoms with Crippen molar-refractivity contribution in [2.75, 3.05) is 20.8 Å². The van der Waals surface area contributed by atoms with Gasteiger partial charge in [-0.15, -0.1) is 0 Å². The molecule has 0 amide bonds. The van der Waals surface area contributed by atoms with Crippen molar-refractivity contribution in [2.24, 2.45) is 5.92 Å². The van der Waals surface area contributed by atoms with Crippen molar-refractivity contribution < 1.29 is 9.47 Å². The van der Waals surface area contributed by atoms with Gasteiger partial charge in [-0.2, -0.15) is 0 Å². The molecular formula is C24H27N3O4. The second-order valence-electron chi connectivity index (χ2n) is 8.44. The fourth-order valence-corrected chi connectivity index (χ4v) is 5.45. The molecule has 1 aliphatic heterocycles. The number of benzene rings is 2. The summed E-state index contributed by atoms with van der Waals surface area (Å²) in [7, 11) is 3.29. The Morgan fingerprint density at radius 2 is 2.00 bits per heavy atom. The zero-order valence-corrected chi connectivity index (χ0v) is 17.8. The van der Waals surface area contributed by atoms with Crippen LogP contribution in [0.5, 0.6) is 11.5 Å². The molecule has 0 radical (unpaired) electrons. The van der Waals surface area contributed by atoms with E-state index in [0.29, 0.717) is 35.0 Å². The monoisotopic (exact) mass is 421 g/mol. The van der Waals surface area contributed by atoms with Gasteiger partial charge in [-0.1, -0.05) is 12.1 Å². The predicted octanol–water partition coefficient (Wildman–Crippen LogP) is 2.42. The first kappa shape index (κ1) is 19.9. The van der Waals surface area contributed by atoms with Crippen LogP contribution < -0.4 is 26.0 Å². The highest BCUT2D eigenvalue weighted by Gasteiger charge is 2.40. The van der Waals surface area contributed by atoms with E-state index in [4.69, 9.17) is 9.47 Å². The third kappa shape index (κ3) is 3.33. The molecule has 1 aromatic heterocycles. The van der Waals surface area contributed by atoms with E-state index >= 15 is 0 Å². The van der Waals surface area contributed by atoms with Crippen molar-refractivity contribution in [3.8, 4) is 11.5 Å². The van der Waals surface area contributed by atoms with Crippen molar-refractivity contribution in [2.45, 2.75) is 37.8 Å². The van der Waals surface area contributed by atoms with Crippen LogP contribution in [0, 0.1) is 5.92 Å². The Kier molecular flexibility index (Phi) is 5.06. The summed E-state index contributed by atoms with van der Waals surface area (Å²) in [6, 6.07) is 11.7. The predicted molar refractivity (Wildman–Crippen MR) is 119 cm³/mol. The molecule has 0 spiro atoms. The van der Waals surface area contributed by atoms with E-state index in [1.807, 2.05) is 6.07 Å².